The third kappa shape index (κ3) is 5.42. The minimum atomic E-state index is -1.06. The minimum Gasteiger partial charge on any atom is -0.457 e. The molecule has 4 rings (SSSR count). The summed E-state index contributed by atoms with van der Waals surface area (Å²) in [6.07, 6.45) is -1.06. The number of esters is 1. The van der Waals surface area contributed by atoms with Crippen LogP contribution in [0, 0.1) is 0 Å². The third-order valence-corrected chi connectivity index (χ3v) is 6.71. The van der Waals surface area contributed by atoms with Crippen molar-refractivity contribution in [3.63, 3.8) is 0 Å². The first-order chi connectivity index (χ1) is 15.8. The molecular weight excluding hydrogens is 505 g/mol. The van der Waals surface area contributed by atoms with Crippen molar-refractivity contribution in [1.29, 1.82) is 0 Å². The second kappa shape index (κ2) is 10.0. The number of carbonyl (C=O) groups excluding carboxylic acids is 2. The molecule has 0 aliphatic heterocycles. The molecule has 168 valence electrons. The number of carbonyl (C=O) groups is 2. The standard InChI is InChI=1S/C24H16Cl3NO4S/c1-13(31-24(30)22-21(27)20-18(26)11-14(25)12-19(20)33-22)23(29)28-15-7-9-17(10-8-15)32-16-5-3-2-4-6-16/h2-13H,1H3,(H,28,29). The average molecular weight is 521 g/mol. The molecule has 0 radical (unpaired) electrons. The maximum atomic E-state index is 12.6. The lowest BCUT2D eigenvalue weighted by Crippen LogP contribution is -2.29. The minimum absolute atomic E-state index is 0.151. The number of amides is 1. The van der Waals surface area contributed by atoms with E-state index in [0.717, 1.165) is 11.3 Å². The molecule has 0 saturated heterocycles. The molecule has 9 heteroatoms. The second-order valence-electron chi connectivity index (χ2n) is 6.98. The number of hydrogen-bond donors (Lipinski definition) is 1. The first-order valence-corrected chi connectivity index (χ1v) is 11.7. The maximum Gasteiger partial charge on any atom is 0.350 e. The second-order valence-corrected chi connectivity index (χ2v) is 9.26. The van der Waals surface area contributed by atoms with Crippen molar-refractivity contribution < 1.29 is 19.1 Å². The fourth-order valence-electron chi connectivity index (χ4n) is 2.99. The number of para-hydroxylation sites is 1. The molecule has 1 unspecified atom stereocenters. The van der Waals surface area contributed by atoms with Gasteiger partial charge in [0.15, 0.2) is 6.10 Å². The molecule has 1 N–H and O–H groups in total. The molecule has 3 aromatic carbocycles. The van der Waals surface area contributed by atoms with Gasteiger partial charge in [-0.15, -0.1) is 11.3 Å². The van der Waals surface area contributed by atoms with Crippen LogP contribution >= 0.6 is 46.1 Å². The summed E-state index contributed by atoms with van der Waals surface area (Å²) >= 11 is 19.7. The Hall–Kier alpha value is -2.77. The van der Waals surface area contributed by atoms with Crippen LogP contribution < -0.4 is 10.1 Å². The van der Waals surface area contributed by atoms with Gasteiger partial charge in [0.1, 0.15) is 16.4 Å². The Morgan fingerprint density at radius 1 is 0.939 bits per heavy atom. The molecule has 1 amide bonds. The summed E-state index contributed by atoms with van der Waals surface area (Å²) in [6.45, 7) is 1.48. The van der Waals surface area contributed by atoms with Gasteiger partial charge in [-0.05, 0) is 55.5 Å². The Bertz CT molecular complexity index is 1320. The van der Waals surface area contributed by atoms with Gasteiger partial charge in [-0.1, -0.05) is 53.0 Å². The van der Waals surface area contributed by atoms with Crippen LogP contribution in [0.4, 0.5) is 5.69 Å². The fourth-order valence-corrected chi connectivity index (χ4v) is 5.24. The van der Waals surface area contributed by atoms with Gasteiger partial charge in [0.2, 0.25) is 0 Å². The van der Waals surface area contributed by atoms with Crippen LogP contribution in [0.5, 0.6) is 11.5 Å². The van der Waals surface area contributed by atoms with Crippen molar-refractivity contribution in [2.75, 3.05) is 5.32 Å². The van der Waals surface area contributed by atoms with Gasteiger partial charge in [0, 0.05) is 20.8 Å². The zero-order valence-electron chi connectivity index (χ0n) is 17.1. The van der Waals surface area contributed by atoms with Gasteiger partial charge in [-0.2, -0.15) is 0 Å². The summed E-state index contributed by atoms with van der Waals surface area (Å²) in [5, 5.41) is 4.17. The molecule has 5 nitrogen and oxygen atoms in total. The van der Waals surface area contributed by atoms with E-state index in [0.29, 0.717) is 37.3 Å². The number of halogens is 3. The number of fused-ring (bicyclic) bond motifs is 1. The monoisotopic (exact) mass is 519 g/mol. The molecule has 0 spiro atoms. The average Bonchev–Trinajstić information content (AvgIpc) is 3.12. The summed E-state index contributed by atoms with van der Waals surface area (Å²) < 4.78 is 11.7. The molecule has 1 aromatic heterocycles. The van der Waals surface area contributed by atoms with Gasteiger partial charge in [-0.3, -0.25) is 4.79 Å². The number of rotatable bonds is 6. The van der Waals surface area contributed by atoms with Crippen LogP contribution in [0.15, 0.2) is 66.7 Å². The Balaban J connectivity index is 1.39. The first-order valence-electron chi connectivity index (χ1n) is 9.73. The third-order valence-electron chi connectivity index (χ3n) is 4.59. The van der Waals surface area contributed by atoms with Crippen molar-refractivity contribution >= 4 is 73.8 Å². The molecular formula is C24H16Cl3NO4S. The number of hydrogen-bond acceptors (Lipinski definition) is 5. The topological polar surface area (TPSA) is 64.6 Å². The molecule has 0 aliphatic carbocycles. The van der Waals surface area contributed by atoms with Crippen LogP contribution in [0.2, 0.25) is 15.1 Å². The molecule has 0 fully saturated rings. The predicted molar refractivity (Wildman–Crippen MR) is 133 cm³/mol. The number of ether oxygens (including phenoxy) is 2. The highest BCUT2D eigenvalue weighted by molar-refractivity contribution is 7.21. The fraction of sp³-hybridized carbons (Fsp3) is 0.0833. The Labute approximate surface area is 208 Å². The van der Waals surface area contributed by atoms with E-state index in [-0.39, 0.29) is 9.90 Å². The lowest BCUT2D eigenvalue weighted by Gasteiger charge is -2.13. The molecule has 1 heterocycles. The lowest BCUT2D eigenvalue weighted by atomic mass is 10.2. The van der Waals surface area contributed by atoms with Gasteiger partial charge < -0.3 is 14.8 Å². The van der Waals surface area contributed by atoms with Crippen molar-refractivity contribution in [2.24, 2.45) is 0 Å². The zero-order chi connectivity index (χ0) is 23.5. The zero-order valence-corrected chi connectivity index (χ0v) is 20.2. The SMILES string of the molecule is CC(OC(=O)c1sc2cc(Cl)cc(Cl)c2c1Cl)C(=O)Nc1ccc(Oc2ccccc2)cc1. The van der Waals surface area contributed by atoms with Crippen LogP contribution in [-0.2, 0) is 9.53 Å². The van der Waals surface area contributed by atoms with Crippen molar-refractivity contribution in [3.05, 3.63) is 86.7 Å². The summed E-state index contributed by atoms with van der Waals surface area (Å²) in [5.41, 5.74) is 0.532. The quantitative estimate of drug-likeness (QED) is 0.263. The predicted octanol–water partition coefficient (Wildman–Crippen LogP) is 7.84. The van der Waals surface area contributed by atoms with Crippen LogP contribution in [0.25, 0.3) is 10.1 Å². The number of thiophene rings is 1. The Morgan fingerprint density at radius 3 is 2.30 bits per heavy atom. The molecule has 33 heavy (non-hydrogen) atoms. The maximum absolute atomic E-state index is 12.6. The van der Waals surface area contributed by atoms with Gasteiger partial charge in [-0.25, -0.2) is 4.79 Å². The summed E-state index contributed by atoms with van der Waals surface area (Å²) in [6, 6.07) is 19.4. The number of benzene rings is 3. The van der Waals surface area contributed by atoms with Crippen molar-refractivity contribution in [2.45, 2.75) is 13.0 Å². The van der Waals surface area contributed by atoms with Crippen molar-refractivity contribution in [1.82, 2.24) is 0 Å². The van der Waals surface area contributed by atoms with E-state index in [1.807, 2.05) is 30.3 Å². The Morgan fingerprint density at radius 2 is 1.61 bits per heavy atom. The molecule has 4 aromatic rings. The van der Waals surface area contributed by atoms with E-state index in [4.69, 9.17) is 44.3 Å². The van der Waals surface area contributed by atoms with Gasteiger partial charge in [0.05, 0.1) is 10.0 Å². The summed E-state index contributed by atoms with van der Waals surface area (Å²) in [5.74, 6) is 0.121. The first kappa shape index (κ1) is 23.4. The van der Waals surface area contributed by atoms with E-state index in [1.54, 1.807) is 36.4 Å². The largest absolute Gasteiger partial charge is 0.457 e. The molecule has 1 atom stereocenters. The van der Waals surface area contributed by atoms with Gasteiger partial charge in [0.25, 0.3) is 5.91 Å². The van der Waals surface area contributed by atoms with E-state index in [1.165, 1.54) is 6.92 Å². The summed E-state index contributed by atoms with van der Waals surface area (Å²) in [4.78, 5) is 25.3. The van der Waals surface area contributed by atoms with Gasteiger partial charge >= 0.3 is 5.97 Å². The van der Waals surface area contributed by atoms with Crippen LogP contribution in [0.3, 0.4) is 0 Å². The van der Waals surface area contributed by atoms with E-state index in [2.05, 4.69) is 5.32 Å². The van der Waals surface area contributed by atoms with Crippen molar-refractivity contribution in [3.8, 4) is 11.5 Å². The van der Waals surface area contributed by atoms with E-state index in [9.17, 15) is 9.59 Å². The molecule has 0 saturated carbocycles. The molecule has 0 bridgehead atoms. The smallest absolute Gasteiger partial charge is 0.350 e. The lowest BCUT2D eigenvalue weighted by molar-refractivity contribution is -0.123. The molecule has 0 aliphatic rings. The highest BCUT2D eigenvalue weighted by atomic mass is 35.5. The van der Waals surface area contributed by atoms with Crippen LogP contribution in [0.1, 0.15) is 16.6 Å². The normalized spacial score (nSPS) is 11.8. The van der Waals surface area contributed by atoms with Crippen LogP contribution in [-0.4, -0.2) is 18.0 Å². The Kier molecular flexibility index (Phi) is 7.10. The highest BCUT2D eigenvalue weighted by Gasteiger charge is 2.25. The number of anilines is 1. The van der Waals surface area contributed by atoms with E-state index < -0.39 is 18.0 Å². The summed E-state index contributed by atoms with van der Waals surface area (Å²) in [7, 11) is 0. The van der Waals surface area contributed by atoms with E-state index >= 15 is 0 Å². The highest BCUT2D eigenvalue weighted by Crippen LogP contribution is 2.41. The number of nitrogens with one attached hydrogen (secondary N) is 1.